The zero-order valence-corrected chi connectivity index (χ0v) is 11.2. The van der Waals surface area contributed by atoms with Gasteiger partial charge in [0.1, 0.15) is 0 Å². The highest BCUT2D eigenvalue weighted by Gasteiger charge is 2.07. The van der Waals surface area contributed by atoms with E-state index in [1.165, 1.54) is 11.8 Å². The van der Waals surface area contributed by atoms with Crippen molar-refractivity contribution in [3.05, 3.63) is 33.8 Å². The van der Waals surface area contributed by atoms with Crippen molar-refractivity contribution < 1.29 is 9.53 Å². The van der Waals surface area contributed by atoms with Gasteiger partial charge in [-0.05, 0) is 24.6 Å². The summed E-state index contributed by atoms with van der Waals surface area (Å²) < 4.78 is 4.81. The van der Waals surface area contributed by atoms with Crippen LogP contribution in [0.5, 0.6) is 0 Å². The molecule has 0 fully saturated rings. The quantitative estimate of drug-likeness (QED) is 0.767. The second kappa shape index (κ2) is 7.05. The van der Waals surface area contributed by atoms with E-state index in [1.807, 2.05) is 0 Å². The smallest absolute Gasteiger partial charge is 0.315 e. The predicted molar refractivity (Wildman–Crippen MR) is 69.3 cm³/mol. The SMILES string of the molecule is CCOC(=O)CSCc1c(Cl)cccc1Cl. The Hall–Kier alpha value is -0.380. The summed E-state index contributed by atoms with van der Waals surface area (Å²) in [5, 5.41) is 1.26. The molecule has 0 aliphatic carbocycles. The van der Waals surface area contributed by atoms with E-state index in [0.717, 1.165) is 5.56 Å². The molecule has 1 rings (SSSR count). The van der Waals surface area contributed by atoms with E-state index >= 15 is 0 Å². The van der Waals surface area contributed by atoms with Crippen molar-refractivity contribution in [3.8, 4) is 0 Å². The normalized spacial score (nSPS) is 10.2. The first kappa shape index (κ1) is 13.7. The molecule has 1 aromatic rings. The van der Waals surface area contributed by atoms with Gasteiger partial charge in [0.2, 0.25) is 0 Å². The lowest BCUT2D eigenvalue weighted by Gasteiger charge is -2.06. The first-order valence-electron chi connectivity index (χ1n) is 4.81. The van der Waals surface area contributed by atoms with Crippen molar-refractivity contribution in [1.29, 1.82) is 0 Å². The number of rotatable bonds is 5. The molecule has 0 bridgehead atoms. The number of carbonyl (C=O) groups is 1. The van der Waals surface area contributed by atoms with Gasteiger partial charge in [-0.25, -0.2) is 0 Å². The summed E-state index contributed by atoms with van der Waals surface area (Å²) in [6.45, 7) is 2.19. The van der Waals surface area contributed by atoms with E-state index in [4.69, 9.17) is 27.9 Å². The maximum atomic E-state index is 11.1. The lowest BCUT2D eigenvalue weighted by Crippen LogP contribution is -2.06. The monoisotopic (exact) mass is 278 g/mol. The van der Waals surface area contributed by atoms with Crippen LogP contribution in [0.4, 0.5) is 0 Å². The van der Waals surface area contributed by atoms with E-state index in [2.05, 4.69) is 0 Å². The number of hydrogen-bond donors (Lipinski definition) is 0. The molecule has 0 radical (unpaired) electrons. The van der Waals surface area contributed by atoms with Gasteiger partial charge in [0, 0.05) is 15.8 Å². The minimum atomic E-state index is -0.212. The number of ether oxygens (including phenoxy) is 1. The number of esters is 1. The Morgan fingerprint density at radius 3 is 2.56 bits per heavy atom. The van der Waals surface area contributed by atoms with Crippen LogP contribution >= 0.6 is 35.0 Å². The van der Waals surface area contributed by atoms with Gasteiger partial charge < -0.3 is 4.74 Å². The molecule has 16 heavy (non-hydrogen) atoms. The minimum absolute atomic E-state index is 0.212. The van der Waals surface area contributed by atoms with E-state index < -0.39 is 0 Å². The first-order valence-corrected chi connectivity index (χ1v) is 6.72. The predicted octanol–water partition coefficient (Wildman–Crippen LogP) is 3.79. The average molecular weight is 279 g/mol. The molecule has 0 saturated carbocycles. The highest BCUT2D eigenvalue weighted by atomic mass is 35.5. The molecule has 0 amide bonds. The van der Waals surface area contributed by atoms with Crippen molar-refractivity contribution in [2.45, 2.75) is 12.7 Å². The van der Waals surface area contributed by atoms with Crippen molar-refractivity contribution in [1.82, 2.24) is 0 Å². The lowest BCUT2D eigenvalue weighted by atomic mass is 10.2. The number of thioether (sulfide) groups is 1. The molecular weight excluding hydrogens is 267 g/mol. The molecule has 0 saturated heterocycles. The van der Waals surface area contributed by atoms with Gasteiger partial charge in [-0.15, -0.1) is 11.8 Å². The first-order chi connectivity index (χ1) is 7.65. The zero-order valence-electron chi connectivity index (χ0n) is 8.83. The van der Waals surface area contributed by atoms with Crippen molar-refractivity contribution >= 4 is 40.9 Å². The van der Waals surface area contributed by atoms with Crippen LogP contribution < -0.4 is 0 Å². The van der Waals surface area contributed by atoms with Crippen LogP contribution in [0.15, 0.2) is 18.2 Å². The van der Waals surface area contributed by atoms with E-state index in [-0.39, 0.29) is 5.97 Å². The fourth-order valence-corrected chi connectivity index (χ4v) is 2.67. The van der Waals surface area contributed by atoms with Crippen LogP contribution in [0.25, 0.3) is 0 Å². The standard InChI is InChI=1S/C11H12Cl2O2S/c1-2-15-11(14)7-16-6-8-9(12)4-3-5-10(8)13/h3-5H,2,6-7H2,1H3. The molecular formula is C11H12Cl2O2S. The highest BCUT2D eigenvalue weighted by Crippen LogP contribution is 2.28. The number of hydrogen-bond acceptors (Lipinski definition) is 3. The Kier molecular flexibility index (Phi) is 6.03. The van der Waals surface area contributed by atoms with Crippen molar-refractivity contribution in [3.63, 3.8) is 0 Å². The molecule has 5 heteroatoms. The summed E-state index contributed by atoms with van der Waals surface area (Å²) in [6, 6.07) is 5.37. The highest BCUT2D eigenvalue weighted by molar-refractivity contribution is 7.99. The second-order valence-corrected chi connectivity index (χ2v) is 4.80. The zero-order chi connectivity index (χ0) is 12.0. The summed E-state index contributed by atoms with van der Waals surface area (Å²) in [6.07, 6.45) is 0. The van der Waals surface area contributed by atoms with Gasteiger partial charge in [0.05, 0.1) is 12.4 Å². The van der Waals surface area contributed by atoms with Crippen LogP contribution in [-0.4, -0.2) is 18.3 Å². The third kappa shape index (κ3) is 4.24. The van der Waals surface area contributed by atoms with Crippen LogP contribution in [0.2, 0.25) is 10.0 Å². The Balaban J connectivity index is 2.46. The molecule has 0 aliphatic rings. The Bertz CT molecular complexity index is 349. The van der Waals surface area contributed by atoms with Crippen LogP contribution in [0.3, 0.4) is 0 Å². The number of benzene rings is 1. The maximum Gasteiger partial charge on any atom is 0.315 e. The van der Waals surface area contributed by atoms with Gasteiger partial charge in [0.15, 0.2) is 0 Å². The number of halogens is 2. The largest absolute Gasteiger partial charge is 0.465 e. The average Bonchev–Trinajstić information content (AvgIpc) is 2.23. The molecule has 2 nitrogen and oxygen atoms in total. The Morgan fingerprint density at radius 1 is 1.38 bits per heavy atom. The van der Waals surface area contributed by atoms with Crippen LogP contribution in [0, 0.1) is 0 Å². The summed E-state index contributed by atoms with van der Waals surface area (Å²) in [7, 11) is 0. The molecule has 0 atom stereocenters. The molecule has 0 heterocycles. The van der Waals surface area contributed by atoms with Gasteiger partial charge in [-0.3, -0.25) is 4.79 Å². The Morgan fingerprint density at radius 2 is 2.00 bits per heavy atom. The topological polar surface area (TPSA) is 26.3 Å². The van der Waals surface area contributed by atoms with Gasteiger partial charge in [-0.1, -0.05) is 29.3 Å². The van der Waals surface area contributed by atoms with Crippen LogP contribution in [0.1, 0.15) is 12.5 Å². The molecule has 0 spiro atoms. The minimum Gasteiger partial charge on any atom is -0.465 e. The van der Waals surface area contributed by atoms with E-state index in [0.29, 0.717) is 28.2 Å². The molecule has 0 N–H and O–H groups in total. The third-order valence-electron chi connectivity index (χ3n) is 1.83. The third-order valence-corrected chi connectivity index (χ3v) is 3.47. The van der Waals surface area contributed by atoms with Gasteiger partial charge in [-0.2, -0.15) is 0 Å². The fourth-order valence-electron chi connectivity index (χ4n) is 1.11. The maximum absolute atomic E-state index is 11.1. The summed E-state index contributed by atoms with van der Waals surface area (Å²) in [4.78, 5) is 11.1. The van der Waals surface area contributed by atoms with Crippen LogP contribution in [-0.2, 0) is 15.3 Å². The Labute approximate surface area is 109 Å². The van der Waals surface area contributed by atoms with Gasteiger partial charge in [0.25, 0.3) is 0 Å². The summed E-state index contributed by atoms with van der Waals surface area (Å²) in [5.41, 5.74) is 0.861. The van der Waals surface area contributed by atoms with Crippen molar-refractivity contribution in [2.24, 2.45) is 0 Å². The molecule has 0 aliphatic heterocycles. The van der Waals surface area contributed by atoms with E-state index in [9.17, 15) is 4.79 Å². The lowest BCUT2D eigenvalue weighted by molar-refractivity contribution is -0.139. The molecule has 88 valence electrons. The second-order valence-electron chi connectivity index (χ2n) is 3.00. The molecule has 0 aromatic heterocycles. The number of carbonyl (C=O) groups excluding carboxylic acids is 1. The molecule has 0 unspecified atom stereocenters. The van der Waals surface area contributed by atoms with Gasteiger partial charge >= 0.3 is 5.97 Å². The van der Waals surface area contributed by atoms with Crippen molar-refractivity contribution in [2.75, 3.05) is 12.4 Å². The molecule has 1 aromatic carbocycles. The summed E-state index contributed by atoms with van der Waals surface area (Å²) in [5.74, 6) is 0.711. The van der Waals surface area contributed by atoms with E-state index in [1.54, 1.807) is 25.1 Å². The summed E-state index contributed by atoms with van der Waals surface area (Å²) >= 11 is 13.4. The fraction of sp³-hybridized carbons (Fsp3) is 0.364.